The molecule has 1 atom stereocenters. The number of nitrogens with zero attached hydrogens (tertiary/aromatic N) is 1. The molecular formula is C23H22BrNO6. The summed E-state index contributed by atoms with van der Waals surface area (Å²) in [5.74, 6) is -2.19. The van der Waals surface area contributed by atoms with Gasteiger partial charge in [0.2, 0.25) is 5.91 Å². The second-order valence-electron chi connectivity index (χ2n) is 7.13. The van der Waals surface area contributed by atoms with Gasteiger partial charge < -0.3 is 14.4 Å². The van der Waals surface area contributed by atoms with Crippen LogP contribution in [0.1, 0.15) is 40.5 Å². The van der Waals surface area contributed by atoms with E-state index in [1.54, 1.807) is 48.5 Å². The van der Waals surface area contributed by atoms with Gasteiger partial charge in [-0.2, -0.15) is 0 Å². The highest BCUT2D eigenvalue weighted by Crippen LogP contribution is 2.26. The Morgan fingerprint density at radius 2 is 1.65 bits per heavy atom. The zero-order valence-electron chi connectivity index (χ0n) is 17.0. The first-order chi connectivity index (χ1) is 14.9. The number of rotatable bonds is 8. The molecule has 1 aliphatic rings. The van der Waals surface area contributed by atoms with E-state index in [4.69, 9.17) is 9.47 Å². The van der Waals surface area contributed by atoms with Crippen LogP contribution in [0.5, 0.6) is 0 Å². The molecule has 0 N–H and O–H groups in total. The Labute approximate surface area is 188 Å². The third-order valence-corrected chi connectivity index (χ3v) is 5.35. The Bertz CT molecular complexity index is 971. The van der Waals surface area contributed by atoms with Crippen molar-refractivity contribution >= 4 is 45.2 Å². The zero-order valence-corrected chi connectivity index (χ0v) is 18.6. The molecule has 162 valence electrons. The minimum absolute atomic E-state index is 0.00556. The van der Waals surface area contributed by atoms with Crippen LogP contribution in [0.4, 0.5) is 5.69 Å². The van der Waals surface area contributed by atoms with Gasteiger partial charge in [-0.3, -0.25) is 14.4 Å². The molecule has 1 saturated heterocycles. The number of benzene rings is 2. The molecule has 1 amide bonds. The van der Waals surface area contributed by atoms with Crippen LogP contribution in [0.25, 0.3) is 0 Å². The van der Waals surface area contributed by atoms with Gasteiger partial charge in [-0.25, -0.2) is 4.79 Å². The molecule has 7 nitrogen and oxygen atoms in total. The summed E-state index contributed by atoms with van der Waals surface area (Å²) in [6.45, 7) is 2.04. The average Bonchev–Trinajstić information content (AvgIpc) is 3.17. The van der Waals surface area contributed by atoms with Gasteiger partial charge in [0.05, 0.1) is 18.1 Å². The normalized spacial score (nSPS) is 15.6. The summed E-state index contributed by atoms with van der Waals surface area (Å²) in [5.41, 5.74) is 1.42. The van der Waals surface area contributed by atoms with Crippen molar-refractivity contribution in [2.24, 2.45) is 5.92 Å². The number of carbonyl (C=O) groups is 4. The van der Waals surface area contributed by atoms with Crippen LogP contribution in [-0.4, -0.2) is 43.4 Å². The standard InChI is InChI=1S/C23H22BrNO6/c1-2-11-30-22(28)16-5-9-19(10-6-16)25-13-17(12-21(25)27)23(29)31-14-20(26)15-3-7-18(24)8-4-15/h3-10,17H,2,11-14H2,1H3/t17-/m0/s1. The minimum atomic E-state index is -0.653. The summed E-state index contributed by atoms with van der Waals surface area (Å²) in [7, 11) is 0. The van der Waals surface area contributed by atoms with E-state index in [2.05, 4.69) is 15.9 Å². The van der Waals surface area contributed by atoms with Gasteiger partial charge in [-0.15, -0.1) is 0 Å². The molecule has 0 spiro atoms. The van der Waals surface area contributed by atoms with Crippen molar-refractivity contribution in [1.29, 1.82) is 0 Å². The summed E-state index contributed by atoms with van der Waals surface area (Å²) >= 11 is 3.30. The van der Waals surface area contributed by atoms with Gasteiger partial charge in [0, 0.05) is 28.7 Å². The molecule has 0 saturated carbocycles. The molecule has 3 rings (SSSR count). The highest BCUT2D eigenvalue weighted by atomic mass is 79.9. The zero-order chi connectivity index (χ0) is 22.4. The lowest BCUT2D eigenvalue weighted by Crippen LogP contribution is -2.27. The Balaban J connectivity index is 1.55. The van der Waals surface area contributed by atoms with Crippen LogP contribution in [0.15, 0.2) is 53.0 Å². The molecule has 1 aliphatic heterocycles. The van der Waals surface area contributed by atoms with E-state index in [0.29, 0.717) is 23.4 Å². The van der Waals surface area contributed by atoms with Crippen molar-refractivity contribution < 1.29 is 28.7 Å². The lowest BCUT2D eigenvalue weighted by Gasteiger charge is -2.17. The topological polar surface area (TPSA) is 90.0 Å². The highest BCUT2D eigenvalue weighted by molar-refractivity contribution is 9.10. The van der Waals surface area contributed by atoms with E-state index in [1.807, 2.05) is 6.92 Å². The number of ether oxygens (including phenoxy) is 2. The van der Waals surface area contributed by atoms with Crippen molar-refractivity contribution in [3.8, 4) is 0 Å². The first-order valence-electron chi connectivity index (χ1n) is 9.92. The predicted molar refractivity (Wildman–Crippen MR) is 117 cm³/mol. The van der Waals surface area contributed by atoms with E-state index < -0.39 is 17.9 Å². The van der Waals surface area contributed by atoms with Gasteiger partial charge in [-0.1, -0.05) is 35.0 Å². The number of ketones is 1. The number of hydrogen-bond acceptors (Lipinski definition) is 6. The second-order valence-corrected chi connectivity index (χ2v) is 8.04. The van der Waals surface area contributed by atoms with Gasteiger partial charge in [0.1, 0.15) is 0 Å². The van der Waals surface area contributed by atoms with E-state index in [-0.39, 0.29) is 31.3 Å². The summed E-state index contributed by atoms with van der Waals surface area (Å²) in [4.78, 5) is 50.3. The molecule has 2 aromatic carbocycles. The van der Waals surface area contributed by atoms with Crippen LogP contribution in [0.2, 0.25) is 0 Å². The first-order valence-corrected chi connectivity index (χ1v) is 10.7. The quantitative estimate of drug-likeness (QED) is 0.415. The van der Waals surface area contributed by atoms with Gasteiger partial charge >= 0.3 is 11.9 Å². The lowest BCUT2D eigenvalue weighted by molar-refractivity contribution is -0.147. The highest BCUT2D eigenvalue weighted by Gasteiger charge is 2.36. The Kier molecular flexibility index (Phi) is 7.57. The predicted octanol–water partition coefficient (Wildman–Crippen LogP) is 3.79. The number of amides is 1. The number of esters is 2. The van der Waals surface area contributed by atoms with Crippen molar-refractivity contribution in [2.45, 2.75) is 19.8 Å². The summed E-state index contributed by atoms with van der Waals surface area (Å²) in [5, 5.41) is 0. The maximum absolute atomic E-state index is 12.4. The van der Waals surface area contributed by atoms with Crippen molar-refractivity contribution in [3.63, 3.8) is 0 Å². The summed E-state index contributed by atoms with van der Waals surface area (Å²) in [6, 6.07) is 13.2. The third-order valence-electron chi connectivity index (χ3n) is 4.82. The van der Waals surface area contributed by atoms with Crippen LogP contribution < -0.4 is 4.90 Å². The van der Waals surface area contributed by atoms with E-state index in [0.717, 1.165) is 10.9 Å². The fourth-order valence-corrected chi connectivity index (χ4v) is 3.41. The Morgan fingerprint density at radius 1 is 1.00 bits per heavy atom. The van der Waals surface area contributed by atoms with Crippen LogP contribution >= 0.6 is 15.9 Å². The van der Waals surface area contributed by atoms with Gasteiger partial charge in [0.25, 0.3) is 0 Å². The summed E-state index contributed by atoms with van der Waals surface area (Å²) in [6.07, 6.45) is 0.740. The molecule has 0 unspecified atom stereocenters. The summed E-state index contributed by atoms with van der Waals surface area (Å²) < 4.78 is 11.1. The maximum atomic E-state index is 12.4. The fraction of sp³-hybridized carbons (Fsp3) is 0.304. The minimum Gasteiger partial charge on any atom is -0.462 e. The molecule has 1 heterocycles. The molecule has 2 aromatic rings. The average molecular weight is 488 g/mol. The van der Waals surface area contributed by atoms with Gasteiger partial charge in [0.15, 0.2) is 12.4 Å². The number of carbonyl (C=O) groups excluding carboxylic acids is 4. The third kappa shape index (κ3) is 5.79. The van der Waals surface area contributed by atoms with Crippen LogP contribution in [-0.2, 0) is 19.1 Å². The molecule has 31 heavy (non-hydrogen) atoms. The van der Waals surface area contributed by atoms with E-state index >= 15 is 0 Å². The second kappa shape index (κ2) is 10.3. The van der Waals surface area contributed by atoms with E-state index in [1.165, 1.54) is 4.90 Å². The number of halogens is 1. The smallest absolute Gasteiger partial charge is 0.338 e. The SMILES string of the molecule is CCCOC(=O)c1ccc(N2C[C@@H](C(=O)OCC(=O)c3ccc(Br)cc3)CC2=O)cc1. The molecule has 8 heteroatoms. The number of hydrogen-bond donors (Lipinski definition) is 0. The van der Waals surface area contributed by atoms with Crippen molar-refractivity contribution in [1.82, 2.24) is 0 Å². The molecule has 0 bridgehead atoms. The fourth-order valence-electron chi connectivity index (χ4n) is 3.14. The number of Topliss-reactive ketones (excluding diaryl/α,β-unsaturated/α-hetero) is 1. The first kappa shape index (κ1) is 22.7. The van der Waals surface area contributed by atoms with Crippen molar-refractivity contribution in [3.05, 3.63) is 64.1 Å². The van der Waals surface area contributed by atoms with Gasteiger partial charge in [-0.05, 0) is 42.8 Å². The number of anilines is 1. The molecular weight excluding hydrogens is 466 g/mol. The largest absolute Gasteiger partial charge is 0.462 e. The maximum Gasteiger partial charge on any atom is 0.338 e. The monoisotopic (exact) mass is 487 g/mol. The van der Waals surface area contributed by atoms with Crippen LogP contribution in [0, 0.1) is 5.92 Å². The van der Waals surface area contributed by atoms with Crippen molar-refractivity contribution in [2.75, 3.05) is 24.7 Å². The molecule has 0 aromatic heterocycles. The Morgan fingerprint density at radius 3 is 2.29 bits per heavy atom. The molecule has 1 fully saturated rings. The molecule has 0 aliphatic carbocycles. The molecule has 0 radical (unpaired) electrons. The Hall–Kier alpha value is -3.00. The van der Waals surface area contributed by atoms with Crippen LogP contribution in [0.3, 0.4) is 0 Å². The lowest BCUT2D eigenvalue weighted by atomic mass is 10.1. The van der Waals surface area contributed by atoms with E-state index in [9.17, 15) is 19.2 Å².